The first kappa shape index (κ1) is 15.3. The fraction of sp³-hybridized carbons (Fsp3) is 0.647. The number of likely N-dealkylation sites (N-methyl/N-ethyl adjacent to an activating group) is 1. The lowest BCUT2D eigenvalue weighted by atomic mass is 9.85. The summed E-state index contributed by atoms with van der Waals surface area (Å²) in [5, 5.41) is 10.3. The van der Waals surface area contributed by atoms with Gasteiger partial charge in [0.1, 0.15) is 5.75 Å². The number of aliphatic hydroxyl groups excluding tert-OH is 1. The standard InChI is InChI=1S/C17H27NO2/c1-18(12-14-8-10-16(20-2)11-9-14)13-17(19)15-6-4-3-5-7-15/h8-11,15,17,19H,3-7,12-13H2,1-2H3. The first-order chi connectivity index (χ1) is 9.69. The van der Waals surface area contributed by atoms with Gasteiger partial charge in [-0.1, -0.05) is 31.4 Å². The highest BCUT2D eigenvalue weighted by atomic mass is 16.5. The number of hydrogen-bond acceptors (Lipinski definition) is 3. The van der Waals surface area contributed by atoms with E-state index in [1.54, 1.807) is 7.11 Å². The van der Waals surface area contributed by atoms with Gasteiger partial charge in [0.2, 0.25) is 0 Å². The molecule has 3 heteroatoms. The van der Waals surface area contributed by atoms with E-state index in [-0.39, 0.29) is 6.10 Å². The van der Waals surface area contributed by atoms with Gasteiger partial charge < -0.3 is 9.84 Å². The van der Waals surface area contributed by atoms with Gasteiger partial charge in [0.25, 0.3) is 0 Å². The topological polar surface area (TPSA) is 32.7 Å². The molecule has 1 aliphatic rings. The van der Waals surface area contributed by atoms with Crippen molar-refractivity contribution < 1.29 is 9.84 Å². The van der Waals surface area contributed by atoms with E-state index in [9.17, 15) is 5.11 Å². The van der Waals surface area contributed by atoms with Gasteiger partial charge in [-0.25, -0.2) is 0 Å². The van der Waals surface area contributed by atoms with E-state index >= 15 is 0 Å². The molecule has 3 nitrogen and oxygen atoms in total. The molecule has 2 rings (SSSR count). The predicted molar refractivity (Wildman–Crippen MR) is 81.9 cm³/mol. The summed E-state index contributed by atoms with van der Waals surface area (Å²) in [6.45, 7) is 1.63. The summed E-state index contributed by atoms with van der Waals surface area (Å²) >= 11 is 0. The summed E-state index contributed by atoms with van der Waals surface area (Å²) < 4.78 is 5.16. The van der Waals surface area contributed by atoms with Crippen molar-refractivity contribution in [2.75, 3.05) is 20.7 Å². The minimum atomic E-state index is -0.182. The van der Waals surface area contributed by atoms with E-state index in [2.05, 4.69) is 24.1 Å². The molecule has 0 spiro atoms. The molecule has 0 radical (unpaired) electrons. The molecule has 112 valence electrons. The van der Waals surface area contributed by atoms with Crippen LogP contribution in [0.3, 0.4) is 0 Å². The van der Waals surface area contributed by atoms with Crippen molar-refractivity contribution in [1.29, 1.82) is 0 Å². The molecule has 0 bridgehead atoms. The first-order valence-corrected chi connectivity index (χ1v) is 7.68. The number of ether oxygens (including phenoxy) is 1. The van der Waals surface area contributed by atoms with Gasteiger partial charge in [0.05, 0.1) is 13.2 Å². The van der Waals surface area contributed by atoms with Crippen molar-refractivity contribution in [2.45, 2.75) is 44.8 Å². The average Bonchev–Trinajstić information content (AvgIpc) is 2.49. The number of aliphatic hydroxyl groups is 1. The highest BCUT2D eigenvalue weighted by Crippen LogP contribution is 2.26. The average molecular weight is 277 g/mol. The van der Waals surface area contributed by atoms with Crippen LogP contribution >= 0.6 is 0 Å². The van der Waals surface area contributed by atoms with Crippen LogP contribution in [0, 0.1) is 5.92 Å². The predicted octanol–water partition coefficient (Wildman–Crippen LogP) is 3.07. The summed E-state index contributed by atoms with van der Waals surface area (Å²) in [4.78, 5) is 2.21. The van der Waals surface area contributed by atoms with Crippen molar-refractivity contribution >= 4 is 0 Å². The maximum atomic E-state index is 10.3. The maximum Gasteiger partial charge on any atom is 0.118 e. The number of methoxy groups -OCH3 is 1. The quantitative estimate of drug-likeness (QED) is 0.867. The number of benzene rings is 1. The van der Waals surface area contributed by atoms with Gasteiger partial charge in [-0.05, 0) is 43.5 Å². The third-order valence-corrected chi connectivity index (χ3v) is 4.30. The van der Waals surface area contributed by atoms with E-state index in [0.29, 0.717) is 5.92 Å². The molecule has 1 aromatic carbocycles. The zero-order valence-electron chi connectivity index (χ0n) is 12.7. The first-order valence-electron chi connectivity index (χ1n) is 7.68. The second-order valence-corrected chi connectivity index (χ2v) is 6.01. The lowest BCUT2D eigenvalue weighted by molar-refractivity contribution is 0.0531. The Labute approximate surface area is 122 Å². The normalized spacial score (nSPS) is 18.2. The molecule has 20 heavy (non-hydrogen) atoms. The molecule has 1 atom stereocenters. The Bertz CT molecular complexity index is 384. The molecule has 0 heterocycles. The second-order valence-electron chi connectivity index (χ2n) is 6.01. The molecule has 1 N–H and O–H groups in total. The van der Waals surface area contributed by atoms with Crippen molar-refractivity contribution in [3.63, 3.8) is 0 Å². The van der Waals surface area contributed by atoms with E-state index in [1.165, 1.54) is 37.7 Å². The monoisotopic (exact) mass is 277 g/mol. The molecule has 1 aliphatic carbocycles. The van der Waals surface area contributed by atoms with Crippen molar-refractivity contribution in [3.05, 3.63) is 29.8 Å². The van der Waals surface area contributed by atoms with Crippen LogP contribution < -0.4 is 4.74 Å². The van der Waals surface area contributed by atoms with Crippen LogP contribution in [0.4, 0.5) is 0 Å². The molecule has 0 aliphatic heterocycles. The SMILES string of the molecule is COc1ccc(CN(C)CC(O)C2CCCCC2)cc1. The number of nitrogens with zero attached hydrogens (tertiary/aromatic N) is 1. The van der Waals surface area contributed by atoms with Crippen molar-refractivity contribution in [1.82, 2.24) is 4.90 Å². The molecule has 0 aromatic heterocycles. The van der Waals surface area contributed by atoms with Crippen LogP contribution in [-0.2, 0) is 6.54 Å². The Morgan fingerprint density at radius 3 is 2.45 bits per heavy atom. The molecule has 0 saturated heterocycles. The third-order valence-electron chi connectivity index (χ3n) is 4.30. The lowest BCUT2D eigenvalue weighted by Gasteiger charge is -2.29. The summed E-state index contributed by atoms with van der Waals surface area (Å²) in [7, 11) is 3.76. The van der Waals surface area contributed by atoms with E-state index in [1.807, 2.05) is 12.1 Å². The Balaban J connectivity index is 1.79. The summed E-state index contributed by atoms with van der Waals surface area (Å²) in [6.07, 6.45) is 6.10. The molecule has 1 unspecified atom stereocenters. The van der Waals surface area contributed by atoms with Crippen LogP contribution in [-0.4, -0.2) is 36.8 Å². The van der Waals surface area contributed by atoms with Crippen LogP contribution in [0.15, 0.2) is 24.3 Å². The third kappa shape index (κ3) is 4.50. The maximum absolute atomic E-state index is 10.3. The van der Waals surface area contributed by atoms with E-state index in [0.717, 1.165) is 18.8 Å². The van der Waals surface area contributed by atoms with Crippen molar-refractivity contribution in [3.8, 4) is 5.75 Å². The largest absolute Gasteiger partial charge is 0.497 e. The Morgan fingerprint density at radius 1 is 1.20 bits per heavy atom. The molecular formula is C17H27NO2. The molecule has 1 saturated carbocycles. The Hall–Kier alpha value is -1.06. The fourth-order valence-electron chi connectivity index (χ4n) is 3.09. The minimum absolute atomic E-state index is 0.182. The van der Waals surface area contributed by atoms with Gasteiger partial charge in [-0.2, -0.15) is 0 Å². The number of rotatable bonds is 6. The fourth-order valence-corrected chi connectivity index (χ4v) is 3.09. The van der Waals surface area contributed by atoms with Crippen LogP contribution in [0.25, 0.3) is 0 Å². The zero-order valence-corrected chi connectivity index (χ0v) is 12.7. The second kappa shape index (κ2) is 7.65. The smallest absolute Gasteiger partial charge is 0.118 e. The molecular weight excluding hydrogens is 250 g/mol. The number of hydrogen-bond donors (Lipinski definition) is 1. The van der Waals surface area contributed by atoms with Gasteiger partial charge in [0, 0.05) is 13.1 Å². The Morgan fingerprint density at radius 2 is 1.85 bits per heavy atom. The van der Waals surface area contributed by atoms with Crippen LogP contribution in [0.2, 0.25) is 0 Å². The van der Waals surface area contributed by atoms with Gasteiger partial charge in [-0.15, -0.1) is 0 Å². The summed E-state index contributed by atoms with van der Waals surface area (Å²) in [5.41, 5.74) is 1.25. The van der Waals surface area contributed by atoms with E-state index in [4.69, 9.17) is 4.74 Å². The molecule has 1 aromatic rings. The van der Waals surface area contributed by atoms with Gasteiger partial charge in [-0.3, -0.25) is 4.90 Å². The van der Waals surface area contributed by atoms with Crippen LogP contribution in [0.1, 0.15) is 37.7 Å². The Kier molecular flexibility index (Phi) is 5.86. The van der Waals surface area contributed by atoms with Gasteiger partial charge in [0.15, 0.2) is 0 Å². The van der Waals surface area contributed by atoms with Crippen LogP contribution in [0.5, 0.6) is 5.75 Å². The summed E-state index contributed by atoms with van der Waals surface area (Å²) in [6, 6.07) is 8.14. The minimum Gasteiger partial charge on any atom is -0.497 e. The molecule has 1 fully saturated rings. The summed E-state index contributed by atoms with van der Waals surface area (Å²) in [5.74, 6) is 1.39. The lowest BCUT2D eigenvalue weighted by Crippen LogP contribution is -2.35. The highest BCUT2D eigenvalue weighted by molar-refractivity contribution is 5.27. The molecule has 0 amide bonds. The van der Waals surface area contributed by atoms with Gasteiger partial charge >= 0.3 is 0 Å². The van der Waals surface area contributed by atoms with Crippen molar-refractivity contribution in [2.24, 2.45) is 5.92 Å². The zero-order chi connectivity index (χ0) is 14.4. The van der Waals surface area contributed by atoms with E-state index < -0.39 is 0 Å². The highest BCUT2D eigenvalue weighted by Gasteiger charge is 2.22.